The zero-order chi connectivity index (χ0) is 11.5. The van der Waals surface area contributed by atoms with Crippen LogP contribution in [0, 0.1) is 16.7 Å². The molecular formula is C14H26O. The number of carbonyl (C=O) groups is 1. The minimum atomic E-state index is 0.290. The highest BCUT2D eigenvalue weighted by Crippen LogP contribution is 2.55. The number of carbonyl (C=O) groups excluding carboxylic acids is 1. The van der Waals surface area contributed by atoms with Gasteiger partial charge >= 0.3 is 0 Å². The zero-order valence-electron chi connectivity index (χ0n) is 10.8. The van der Waals surface area contributed by atoms with Gasteiger partial charge in [-0.2, -0.15) is 0 Å². The monoisotopic (exact) mass is 210 g/mol. The first-order chi connectivity index (χ1) is 6.95. The molecule has 1 aliphatic rings. The third-order valence-electron chi connectivity index (χ3n) is 4.95. The second-order valence-electron chi connectivity index (χ2n) is 6.14. The number of aldehydes is 1. The van der Waals surface area contributed by atoms with Crippen molar-refractivity contribution in [1.82, 2.24) is 0 Å². The van der Waals surface area contributed by atoms with Gasteiger partial charge in [-0.25, -0.2) is 0 Å². The molecule has 0 aromatic carbocycles. The summed E-state index contributed by atoms with van der Waals surface area (Å²) in [6, 6.07) is 0. The van der Waals surface area contributed by atoms with E-state index in [1.165, 1.54) is 25.7 Å². The smallest absolute Gasteiger partial charge is 0.123 e. The van der Waals surface area contributed by atoms with Gasteiger partial charge in [-0.05, 0) is 42.9 Å². The Morgan fingerprint density at radius 3 is 2.33 bits per heavy atom. The molecule has 0 aliphatic heterocycles. The van der Waals surface area contributed by atoms with Crippen molar-refractivity contribution >= 4 is 6.29 Å². The van der Waals surface area contributed by atoms with E-state index in [1.54, 1.807) is 0 Å². The quantitative estimate of drug-likeness (QED) is 0.621. The Morgan fingerprint density at radius 2 is 1.93 bits per heavy atom. The second kappa shape index (κ2) is 4.67. The number of hydrogen-bond acceptors (Lipinski definition) is 1. The fourth-order valence-electron chi connectivity index (χ4n) is 2.90. The molecule has 0 N–H and O–H groups in total. The molecule has 2 unspecified atom stereocenters. The second-order valence-corrected chi connectivity index (χ2v) is 6.14. The van der Waals surface area contributed by atoms with Crippen molar-refractivity contribution in [2.75, 3.05) is 0 Å². The summed E-state index contributed by atoms with van der Waals surface area (Å²) in [6.07, 6.45) is 8.50. The summed E-state index contributed by atoms with van der Waals surface area (Å²) in [5.41, 5.74) is 0.928. The van der Waals surface area contributed by atoms with Crippen molar-refractivity contribution in [3.8, 4) is 0 Å². The van der Waals surface area contributed by atoms with Gasteiger partial charge in [0.25, 0.3) is 0 Å². The van der Waals surface area contributed by atoms with Crippen LogP contribution in [0.2, 0.25) is 0 Å². The first-order valence-electron chi connectivity index (χ1n) is 6.40. The van der Waals surface area contributed by atoms with E-state index >= 15 is 0 Å². The average molecular weight is 210 g/mol. The van der Waals surface area contributed by atoms with Crippen molar-refractivity contribution in [1.29, 1.82) is 0 Å². The molecule has 0 aromatic heterocycles. The zero-order valence-corrected chi connectivity index (χ0v) is 10.8. The SMILES string of the molecule is CCC(C=O)CCC1(C)CCCC1(C)C. The first kappa shape index (κ1) is 12.7. The fourth-order valence-corrected chi connectivity index (χ4v) is 2.90. The molecular weight excluding hydrogens is 184 g/mol. The van der Waals surface area contributed by atoms with E-state index in [1.807, 2.05) is 0 Å². The van der Waals surface area contributed by atoms with Crippen molar-refractivity contribution in [2.24, 2.45) is 16.7 Å². The summed E-state index contributed by atoms with van der Waals surface area (Å²) in [5.74, 6) is 0.290. The van der Waals surface area contributed by atoms with Crippen LogP contribution in [-0.4, -0.2) is 6.29 Å². The molecule has 1 aliphatic carbocycles. The van der Waals surface area contributed by atoms with Crippen LogP contribution >= 0.6 is 0 Å². The van der Waals surface area contributed by atoms with E-state index in [2.05, 4.69) is 27.7 Å². The van der Waals surface area contributed by atoms with E-state index < -0.39 is 0 Å². The molecule has 15 heavy (non-hydrogen) atoms. The molecule has 0 heterocycles. The molecule has 1 saturated carbocycles. The van der Waals surface area contributed by atoms with E-state index in [4.69, 9.17) is 0 Å². The molecule has 0 bridgehead atoms. The van der Waals surface area contributed by atoms with Crippen LogP contribution < -0.4 is 0 Å². The Kier molecular flexibility index (Phi) is 3.97. The Labute approximate surface area is 94.6 Å². The lowest BCUT2D eigenvalue weighted by molar-refractivity contribution is -0.111. The third-order valence-corrected chi connectivity index (χ3v) is 4.95. The third kappa shape index (κ3) is 2.62. The Morgan fingerprint density at radius 1 is 1.27 bits per heavy atom. The number of rotatable bonds is 5. The molecule has 1 rings (SSSR count). The normalized spacial score (nSPS) is 31.5. The van der Waals surface area contributed by atoms with Crippen LogP contribution in [0.1, 0.15) is 66.2 Å². The van der Waals surface area contributed by atoms with Gasteiger partial charge in [0.15, 0.2) is 0 Å². The van der Waals surface area contributed by atoms with Crippen LogP contribution in [0.5, 0.6) is 0 Å². The van der Waals surface area contributed by atoms with Crippen LogP contribution in [0.4, 0.5) is 0 Å². The molecule has 88 valence electrons. The van der Waals surface area contributed by atoms with Crippen molar-refractivity contribution in [3.63, 3.8) is 0 Å². The molecule has 0 radical (unpaired) electrons. The molecule has 1 fully saturated rings. The van der Waals surface area contributed by atoms with Gasteiger partial charge in [-0.1, -0.05) is 34.1 Å². The van der Waals surface area contributed by atoms with Crippen LogP contribution in [0.25, 0.3) is 0 Å². The minimum Gasteiger partial charge on any atom is -0.303 e. The van der Waals surface area contributed by atoms with Crippen molar-refractivity contribution < 1.29 is 4.79 Å². The Balaban J connectivity index is 2.53. The summed E-state index contributed by atoms with van der Waals surface area (Å²) >= 11 is 0. The largest absolute Gasteiger partial charge is 0.303 e. The maximum Gasteiger partial charge on any atom is 0.123 e. The predicted octanol–water partition coefficient (Wildman–Crippen LogP) is 4.21. The standard InChI is InChI=1S/C14H26O/c1-5-12(11-15)7-10-14(4)9-6-8-13(14,2)3/h11-12H,5-10H2,1-4H3. The first-order valence-corrected chi connectivity index (χ1v) is 6.40. The van der Waals surface area contributed by atoms with Gasteiger partial charge in [-0.15, -0.1) is 0 Å². The highest BCUT2D eigenvalue weighted by Gasteiger charge is 2.44. The summed E-state index contributed by atoms with van der Waals surface area (Å²) in [4.78, 5) is 10.8. The van der Waals surface area contributed by atoms with E-state index in [0.717, 1.165) is 19.1 Å². The molecule has 2 atom stereocenters. The lowest BCUT2D eigenvalue weighted by Gasteiger charge is -2.39. The van der Waals surface area contributed by atoms with Crippen LogP contribution in [0.15, 0.2) is 0 Å². The van der Waals surface area contributed by atoms with Gasteiger partial charge in [0.1, 0.15) is 6.29 Å². The molecule has 0 spiro atoms. The predicted molar refractivity (Wildman–Crippen MR) is 64.8 cm³/mol. The Bertz CT molecular complexity index is 219. The lowest BCUT2D eigenvalue weighted by atomic mass is 9.66. The van der Waals surface area contributed by atoms with Crippen molar-refractivity contribution in [2.45, 2.75) is 66.2 Å². The summed E-state index contributed by atoms with van der Waals surface area (Å²) in [7, 11) is 0. The summed E-state index contributed by atoms with van der Waals surface area (Å²) in [5, 5.41) is 0. The van der Waals surface area contributed by atoms with Gasteiger partial charge in [-0.3, -0.25) is 0 Å². The van der Waals surface area contributed by atoms with Gasteiger partial charge < -0.3 is 4.79 Å². The molecule has 1 nitrogen and oxygen atoms in total. The van der Waals surface area contributed by atoms with Gasteiger partial charge in [0, 0.05) is 5.92 Å². The highest BCUT2D eigenvalue weighted by atomic mass is 16.1. The highest BCUT2D eigenvalue weighted by molar-refractivity contribution is 5.53. The minimum absolute atomic E-state index is 0.290. The van der Waals surface area contributed by atoms with E-state index in [0.29, 0.717) is 16.7 Å². The van der Waals surface area contributed by atoms with Crippen molar-refractivity contribution in [3.05, 3.63) is 0 Å². The molecule has 0 saturated heterocycles. The Hall–Kier alpha value is -0.330. The maximum atomic E-state index is 10.8. The fraction of sp³-hybridized carbons (Fsp3) is 0.929. The maximum absolute atomic E-state index is 10.8. The summed E-state index contributed by atoms with van der Waals surface area (Å²) in [6.45, 7) is 9.31. The topological polar surface area (TPSA) is 17.1 Å². The summed E-state index contributed by atoms with van der Waals surface area (Å²) < 4.78 is 0. The van der Waals surface area contributed by atoms with Gasteiger partial charge in [0.2, 0.25) is 0 Å². The van der Waals surface area contributed by atoms with Crippen LogP contribution in [-0.2, 0) is 4.79 Å². The van der Waals surface area contributed by atoms with Gasteiger partial charge in [0.05, 0.1) is 0 Å². The average Bonchev–Trinajstić information content (AvgIpc) is 2.43. The molecule has 1 heteroatoms. The van der Waals surface area contributed by atoms with Crippen LogP contribution in [0.3, 0.4) is 0 Å². The lowest BCUT2D eigenvalue weighted by Crippen LogP contribution is -2.30. The number of hydrogen-bond donors (Lipinski definition) is 0. The van der Waals surface area contributed by atoms with E-state index in [9.17, 15) is 4.79 Å². The molecule has 0 aromatic rings. The molecule has 0 amide bonds. The van der Waals surface area contributed by atoms with E-state index in [-0.39, 0.29) is 0 Å².